The van der Waals surface area contributed by atoms with E-state index < -0.39 is 11.9 Å². The molecule has 0 heterocycles. The summed E-state index contributed by atoms with van der Waals surface area (Å²) in [5, 5.41) is 0. The Morgan fingerprint density at radius 1 is 1.29 bits per heavy atom. The number of carbonyl (C=O) groups excluding carboxylic acids is 2. The molecule has 1 rings (SSSR count). The first-order valence-corrected chi connectivity index (χ1v) is 5.27. The lowest BCUT2D eigenvalue weighted by Gasteiger charge is -2.06. The van der Waals surface area contributed by atoms with Gasteiger partial charge in [0.15, 0.2) is 0 Å². The van der Waals surface area contributed by atoms with Crippen molar-refractivity contribution in [1.82, 2.24) is 0 Å². The van der Waals surface area contributed by atoms with Crippen LogP contribution < -0.4 is 0 Å². The highest BCUT2D eigenvalue weighted by Crippen LogP contribution is 2.06. The molecule has 0 aliphatic heterocycles. The standard InChI is InChI=1S/C14H14O3/c1-11(15)13(14(16)17-2)10-6-9-12-7-4-3-5-8-12/h3-5,7-8,13H,10H2,1-2H3. The summed E-state index contributed by atoms with van der Waals surface area (Å²) in [5.74, 6) is 4.19. The quantitative estimate of drug-likeness (QED) is 0.452. The molecule has 0 amide bonds. The lowest BCUT2D eigenvalue weighted by atomic mass is 10.0. The summed E-state index contributed by atoms with van der Waals surface area (Å²) in [7, 11) is 1.27. The van der Waals surface area contributed by atoms with Crippen LogP contribution in [0.25, 0.3) is 0 Å². The van der Waals surface area contributed by atoms with Crippen molar-refractivity contribution in [1.29, 1.82) is 0 Å². The number of ketones is 1. The Balaban J connectivity index is 2.68. The number of esters is 1. The Morgan fingerprint density at radius 2 is 1.94 bits per heavy atom. The molecule has 0 aliphatic carbocycles. The van der Waals surface area contributed by atoms with E-state index in [2.05, 4.69) is 16.6 Å². The predicted molar refractivity (Wildman–Crippen MR) is 64.1 cm³/mol. The summed E-state index contributed by atoms with van der Waals surface area (Å²) in [4.78, 5) is 22.5. The van der Waals surface area contributed by atoms with Crippen molar-refractivity contribution in [2.24, 2.45) is 5.92 Å². The van der Waals surface area contributed by atoms with E-state index in [1.165, 1.54) is 14.0 Å². The summed E-state index contributed by atoms with van der Waals surface area (Å²) in [6.07, 6.45) is 0.191. The minimum Gasteiger partial charge on any atom is -0.468 e. The van der Waals surface area contributed by atoms with Gasteiger partial charge in [-0.1, -0.05) is 30.0 Å². The molecule has 0 aliphatic rings. The molecule has 0 radical (unpaired) electrons. The second kappa shape index (κ2) is 6.49. The summed E-state index contributed by atoms with van der Waals surface area (Å²) >= 11 is 0. The third kappa shape index (κ3) is 4.12. The van der Waals surface area contributed by atoms with Crippen molar-refractivity contribution >= 4 is 11.8 Å². The van der Waals surface area contributed by atoms with Crippen LogP contribution in [0.1, 0.15) is 18.9 Å². The smallest absolute Gasteiger partial charge is 0.317 e. The first kappa shape index (κ1) is 13.0. The zero-order valence-electron chi connectivity index (χ0n) is 9.90. The topological polar surface area (TPSA) is 43.4 Å². The fourth-order valence-electron chi connectivity index (χ4n) is 1.31. The SMILES string of the molecule is COC(=O)C(CC#Cc1ccccc1)C(C)=O. The number of benzene rings is 1. The van der Waals surface area contributed by atoms with Crippen LogP contribution in [0.2, 0.25) is 0 Å². The van der Waals surface area contributed by atoms with Crippen LogP contribution in [-0.4, -0.2) is 18.9 Å². The highest BCUT2D eigenvalue weighted by atomic mass is 16.5. The van der Waals surface area contributed by atoms with E-state index in [9.17, 15) is 9.59 Å². The van der Waals surface area contributed by atoms with E-state index >= 15 is 0 Å². The molecular weight excluding hydrogens is 216 g/mol. The van der Waals surface area contributed by atoms with Gasteiger partial charge in [-0.25, -0.2) is 0 Å². The van der Waals surface area contributed by atoms with Crippen LogP contribution in [0, 0.1) is 17.8 Å². The van der Waals surface area contributed by atoms with Gasteiger partial charge in [0.1, 0.15) is 11.7 Å². The molecule has 1 atom stereocenters. The maximum atomic E-state index is 11.3. The number of hydrogen-bond donors (Lipinski definition) is 0. The molecule has 1 aromatic carbocycles. The van der Waals surface area contributed by atoms with Crippen LogP contribution in [-0.2, 0) is 14.3 Å². The van der Waals surface area contributed by atoms with Crippen molar-refractivity contribution in [2.75, 3.05) is 7.11 Å². The normalized spacial score (nSPS) is 10.9. The van der Waals surface area contributed by atoms with Gasteiger partial charge in [0, 0.05) is 12.0 Å². The minimum atomic E-state index is -0.781. The molecular formula is C14H14O3. The third-order valence-electron chi connectivity index (χ3n) is 2.29. The summed E-state index contributed by atoms with van der Waals surface area (Å²) in [6, 6.07) is 9.40. The van der Waals surface area contributed by atoms with Crippen LogP contribution in [0.3, 0.4) is 0 Å². The minimum absolute atomic E-state index is 0.191. The lowest BCUT2D eigenvalue weighted by molar-refractivity contribution is -0.148. The van der Waals surface area contributed by atoms with Crippen molar-refractivity contribution in [3.8, 4) is 11.8 Å². The number of carbonyl (C=O) groups is 2. The Hall–Kier alpha value is -2.08. The first-order chi connectivity index (χ1) is 8.15. The van der Waals surface area contributed by atoms with Crippen LogP contribution in [0.4, 0.5) is 0 Å². The Labute approximate surface area is 101 Å². The molecule has 3 nitrogen and oxygen atoms in total. The molecule has 3 heteroatoms. The van der Waals surface area contributed by atoms with Gasteiger partial charge in [-0.15, -0.1) is 0 Å². The van der Waals surface area contributed by atoms with E-state index in [1.807, 2.05) is 30.3 Å². The van der Waals surface area contributed by atoms with Crippen molar-refractivity contribution in [2.45, 2.75) is 13.3 Å². The van der Waals surface area contributed by atoms with Crippen LogP contribution >= 0.6 is 0 Å². The van der Waals surface area contributed by atoms with Crippen molar-refractivity contribution < 1.29 is 14.3 Å². The first-order valence-electron chi connectivity index (χ1n) is 5.27. The van der Waals surface area contributed by atoms with E-state index in [0.717, 1.165) is 5.56 Å². The number of Topliss-reactive ketones (excluding diaryl/α,β-unsaturated/α-hetero) is 1. The van der Waals surface area contributed by atoms with Gasteiger partial charge in [0.25, 0.3) is 0 Å². The third-order valence-corrected chi connectivity index (χ3v) is 2.29. The fraction of sp³-hybridized carbons (Fsp3) is 0.286. The highest BCUT2D eigenvalue weighted by Gasteiger charge is 2.22. The average molecular weight is 230 g/mol. The van der Waals surface area contributed by atoms with Gasteiger partial charge in [-0.05, 0) is 19.1 Å². The van der Waals surface area contributed by atoms with Gasteiger partial charge in [-0.2, -0.15) is 0 Å². The second-order valence-corrected chi connectivity index (χ2v) is 3.56. The molecule has 17 heavy (non-hydrogen) atoms. The van der Waals surface area contributed by atoms with Gasteiger partial charge in [0.05, 0.1) is 7.11 Å². The summed E-state index contributed by atoms with van der Waals surface area (Å²) in [6.45, 7) is 1.37. The Morgan fingerprint density at radius 3 is 2.47 bits per heavy atom. The molecule has 0 saturated carbocycles. The molecule has 1 unspecified atom stereocenters. The number of ether oxygens (including phenoxy) is 1. The summed E-state index contributed by atoms with van der Waals surface area (Å²) < 4.78 is 4.55. The molecule has 0 N–H and O–H groups in total. The Bertz CT molecular complexity index is 451. The number of hydrogen-bond acceptors (Lipinski definition) is 3. The molecule has 0 fully saturated rings. The van der Waals surface area contributed by atoms with E-state index in [1.54, 1.807) is 0 Å². The van der Waals surface area contributed by atoms with Gasteiger partial charge in [0.2, 0.25) is 0 Å². The predicted octanol–water partition coefficient (Wildman–Crippen LogP) is 1.81. The van der Waals surface area contributed by atoms with E-state index in [4.69, 9.17) is 0 Å². The second-order valence-electron chi connectivity index (χ2n) is 3.56. The summed E-state index contributed by atoms with van der Waals surface area (Å²) in [5.41, 5.74) is 0.861. The monoisotopic (exact) mass is 230 g/mol. The number of methoxy groups -OCH3 is 1. The van der Waals surface area contributed by atoms with Gasteiger partial charge >= 0.3 is 5.97 Å². The average Bonchev–Trinajstić information content (AvgIpc) is 2.34. The fourth-order valence-corrected chi connectivity index (χ4v) is 1.31. The molecule has 1 aromatic rings. The van der Waals surface area contributed by atoms with Gasteiger partial charge in [-0.3, -0.25) is 9.59 Å². The van der Waals surface area contributed by atoms with Crippen molar-refractivity contribution in [3.63, 3.8) is 0 Å². The molecule has 0 aromatic heterocycles. The van der Waals surface area contributed by atoms with E-state index in [0.29, 0.717) is 0 Å². The maximum absolute atomic E-state index is 11.3. The zero-order valence-corrected chi connectivity index (χ0v) is 9.90. The highest BCUT2D eigenvalue weighted by molar-refractivity contribution is 5.97. The van der Waals surface area contributed by atoms with Crippen LogP contribution in [0.15, 0.2) is 30.3 Å². The van der Waals surface area contributed by atoms with Gasteiger partial charge < -0.3 is 4.74 Å². The molecule has 0 saturated heterocycles. The van der Waals surface area contributed by atoms with Crippen LogP contribution in [0.5, 0.6) is 0 Å². The largest absolute Gasteiger partial charge is 0.468 e. The molecule has 88 valence electrons. The van der Waals surface area contributed by atoms with Crippen molar-refractivity contribution in [3.05, 3.63) is 35.9 Å². The maximum Gasteiger partial charge on any atom is 0.317 e. The zero-order chi connectivity index (χ0) is 12.7. The van der Waals surface area contributed by atoms with E-state index in [-0.39, 0.29) is 12.2 Å². The molecule has 0 spiro atoms. The Kier molecular flexibility index (Phi) is 4.96. The lowest BCUT2D eigenvalue weighted by Crippen LogP contribution is -2.22. The molecule has 0 bridgehead atoms. The number of rotatable bonds is 3.